The van der Waals surface area contributed by atoms with Crippen molar-refractivity contribution in [2.45, 2.75) is 5.38 Å². The number of ether oxygens (including phenoxy) is 2. The lowest BCUT2D eigenvalue weighted by molar-refractivity contribution is 0.391. The summed E-state index contributed by atoms with van der Waals surface area (Å²) in [7, 11) is 3.25. The largest absolute Gasteiger partial charge is 0.497 e. The van der Waals surface area contributed by atoms with Crippen LogP contribution in [0.2, 0.25) is 0 Å². The Kier molecular flexibility index (Phi) is 4.72. The Balaban J connectivity index is 2.40. The minimum Gasteiger partial charge on any atom is -0.497 e. The second kappa shape index (κ2) is 6.31. The molecule has 100 valence electrons. The number of alkyl halides is 1. The van der Waals surface area contributed by atoms with Gasteiger partial charge in [-0.3, -0.25) is 0 Å². The first-order chi connectivity index (χ1) is 9.15. The quantitative estimate of drug-likeness (QED) is 0.744. The average molecular weight is 342 g/mol. The van der Waals surface area contributed by atoms with E-state index < -0.39 is 0 Å². The smallest absolute Gasteiger partial charge is 0.127 e. The second-order valence-corrected chi connectivity index (χ2v) is 5.38. The molecule has 0 radical (unpaired) electrons. The molecule has 0 heterocycles. The monoisotopic (exact) mass is 340 g/mol. The molecule has 1 unspecified atom stereocenters. The van der Waals surface area contributed by atoms with E-state index in [1.807, 2.05) is 42.5 Å². The molecule has 0 aliphatic rings. The fourth-order valence-corrected chi connectivity index (χ4v) is 2.60. The molecule has 2 aromatic rings. The highest BCUT2D eigenvalue weighted by Crippen LogP contribution is 2.37. The summed E-state index contributed by atoms with van der Waals surface area (Å²) in [5.41, 5.74) is 1.93. The fourth-order valence-electron chi connectivity index (χ4n) is 1.87. The molecule has 0 N–H and O–H groups in total. The molecule has 4 heteroatoms. The first-order valence-electron chi connectivity index (χ1n) is 5.77. The van der Waals surface area contributed by atoms with Crippen LogP contribution >= 0.6 is 27.5 Å². The van der Waals surface area contributed by atoms with Crippen LogP contribution in [0.1, 0.15) is 16.5 Å². The van der Waals surface area contributed by atoms with Crippen LogP contribution in [-0.2, 0) is 0 Å². The number of rotatable bonds is 4. The van der Waals surface area contributed by atoms with Crippen LogP contribution in [0.15, 0.2) is 46.9 Å². The van der Waals surface area contributed by atoms with Gasteiger partial charge in [0, 0.05) is 16.1 Å². The maximum absolute atomic E-state index is 6.54. The summed E-state index contributed by atoms with van der Waals surface area (Å²) in [5.74, 6) is 1.47. The van der Waals surface area contributed by atoms with Gasteiger partial charge in [0.1, 0.15) is 11.5 Å². The van der Waals surface area contributed by atoms with Gasteiger partial charge in [-0.1, -0.05) is 28.1 Å². The Labute approximate surface area is 126 Å². The van der Waals surface area contributed by atoms with Crippen LogP contribution in [0.3, 0.4) is 0 Å². The minimum atomic E-state index is -0.265. The zero-order valence-electron chi connectivity index (χ0n) is 10.7. The Morgan fingerprint density at radius 1 is 1.05 bits per heavy atom. The zero-order chi connectivity index (χ0) is 13.8. The predicted molar refractivity (Wildman–Crippen MR) is 81.4 cm³/mol. The maximum Gasteiger partial charge on any atom is 0.127 e. The summed E-state index contributed by atoms with van der Waals surface area (Å²) < 4.78 is 11.6. The molecule has 1 atom stereocenters. The van der Waals surface area contributed by atoms with E-state index in [-0.39, 0.29) is 5.38 Å². The van der Waals surface area contributed by atoms with Gasteiger partial charge in [-0.2, -0.15) is 0 Å². The predicted octanol–water partition coefficient (Wildman–Crippen LogP) is 4.79. The molecule has 0 aliphatic heterocycles. The molecule has 0 amide bonds. The lowest BCUT2D eigenvalue weighted by atomic mass is 10.0. The normalized spacial score (nSPS) is 12.0. The van der Waals surface area contributed by atoms with Gasteiger partial charge in [-0.05, 0) is 29.8 Å². The van der Waals surface area contributed by atoms with Crippen molar-refractivity contribution in [2.24, 2.45) is 0 Å². The molecule has 2 aromatic carbocycles. The summed E-state index contributed by atoms with van der Waals surface area (Å²) in [6.07, 6.45) is 0. The first kappa shape index (κ1) is 14.2. The SMILES string of the molecule is COc1ccc(C(Cl)c2cccc(Br)c2)c(OC)c1. The third-order valence-electron chi connectivity index (χ3n) is 2.86. The van der Waals surface area contributed by atoms with E-state index in [0.29, 0.717) is 0 Å². The van der Waals surface area contributed by atoms with E-state index in [2.05, 4.69) is 15.9 Å². The lowest BCUT2D eigenvalue weighted by Gasteiger charge is -2.15. The average Bonchev–Trinajstić information content (AvgIpc) is 2.45. The Morgan fingerprint density at radius 3 is 2.47 bits per heavy atom. The highest BCUT2D eigenvalue weighted by Gasteiger charge is 2.16. The Bertz CT molecular complexity index is 572. The Morgan fingerprint density at radius 2 is 1.84 bits per heavy atom. The van der Waals surface area contributed by atoms with E-state index >= 15 is 0 Å². The van der Waals surface area contributed by atoms with E-state index in [9.17, 15) is 0 Å². The molecular formula is C15H14BrClO2. The van der Waals surface area contributed by atoms with Crippen molar-refractivity contribution in [3.05, 3.63) is 58.1 Å². The highest BCUT2D eigenvalue weighted by molar-refractivity contribution is 9.10. The van der Waals surface area contributed by atoms with Gasteiger partial charge in [-0.25, -0.2) is 0 Å². The van der Waals surface area contributed by atoms with Crippen molar-refractivity contribution in [3.8, 4) is 11.5 Å². The topological polar surface area (TPSA) is 18.5 Å². The van der Waals surface area contributed by atoms with E-state index in [1.54, 1.807) is 14.2 Å². The van der Waals surface area contributed by atoms with Gasteiger partial charge in [0.15, 0.2) is 0 Å². The van der Waals surface area contributed by atoms with Crippen LogP contribution < -0.4 is 9.47 Å². The molecular weight excluding hydrogens is 328 g/mol. The summed E-state index contributed by atoms with van der Waals surface area (Å²) in [6, 6.07) is 13.6. The zero-order valence-corrected chi connectivity index (χ0v) is 13.0. The number of hydrogen-bond donors (Lipinski definition) is 0. The number of methoxy groups -OCH3 is 2. The molecule has 0 bridgehead atoms. The van der Waals surface area contributed by atoms with Crippen LogP contribution in [0.4, 0.5) is 0 Å². The van der Waals surface area contributed by atoms with Crippen LogP contribution in [-0.4, -0.2) is 14.2 Å². The molecule has 0 spiro atoms. The third-order valence-corrected chi connectivity index (χ3v) is 3.84. The van der Waals surface area contributed by atoms with Crippen molar-refractivity contribution in [1.82, 2.24) is 0 Å². The molecule has 19 heavy (non-hydrogen) atoms. The van der Waals surface area contributed by atoms with Crippen LogP contribution in [0, 0.1) is 0 Å². The van der Waals surface area contributed by atoms with E-state index in [4.69, 9.17) is 21.1 Å². The fraction of sp³-hybridized carbons (Fsp3) is 0.200. The third kappa shape index (κ3) is 3.23. The molecule has 0 aliphatic carbocycles. The number of halogens is 2. The van der Waals surface area contributed by atoms with Gasteiger partial charge in [0.2, 0.25) is 0 Å². The van der Waals surface area contributed by atoms with Gasteiger partial charge < -0.3 is 9.47 Å². The highest BCUT2D eigenvalue weighted by atomic mass is 79.9. The number of hydrogen-bond acceptors (Lipinski definition) is 2. The number of benzene rings is 2. The molecule has 0 aromatic heterocycles. The van der Waals surface area contributed by atoms with Crippen molar-refractivity contribution in [3.63, 3.8) is 0 Å². The van der Waals surface area contributed by atoms with Crippen molar-refractivity contribution >= 4 is 27.5 Å². The van der Waals surface area contributed by atoms with Crippen molar-refractivity contribution < 1.29 is 9.47 Å². The Hall–Kier alpha value is -1.19. The second-order valence-electron chi connectivity index (χ2n) is 4.03. The van der Waals surface area contributed by atoms with Crippen LogP contribution in [0.25, 0.3) is 0 Å². The first-order valence-corrected chi connectivity index (χ1v) is 7.00. The molecule has 0 fully saturated rings. The molecule has 0 saturated carbocycles. The standard InChI is InChI=1S/C15H14BrClO2/c1-18-12-6-7-13(14(9-12)19-2)15(17)10-4-3-5-11(16)8-10/h3-9,15H,1-2H3. The minimum absolute atomic E-state index is 0.265. The van der Waals surface area contributed by atoms with Gasteiger partial charge in [0.25, 0.3) is 0 Å². The summed E-state index contributed by atoms with van der Waals surface area (Å²) >= 11 is 9.99. The van der Waals surface area contributed by atoms with Gasteiger partial charge in [-0.15, -0.1) is 11.6 Å². The van der Waals surface area contributed by atoms with Gasteiger partial charge in [0.05, 0.1) is 19.6 Å². The molecule has 2 nitrogen and oxygen atoms in total. The van der Waals surface area contributed by atoms with Crippen molar-refractivity contribution in [2.75, 3.05) is 14.2 Å². The van der Waals surface area contributed by atoms with Gasteiger partial charge >= 0.3 is 0 Å². The molecule has 0 saturated heterocycles. The molecule has 2 rings (SSSR count). The van der Waals surface area contributed by atoms with Crippen molar-refractivity contribution in [1.29, 1.82) is 0 Å². The van der Waals surface area contributed by atoms with E-state index in [0.717, 1.165) is 27.1 Å². The van der Waals surface area contributed by atoms with Crippen LogP contribution in [0.5, 0.6) is 11.5 Å². The summed E-state index contributed by atoms with van der Waals surface area (Å²) in [6.45, 7) is 0. The van der Waals surface area contributed by atoms with E-state index in [1.165, 1.54) is 0 Å². The summed E-state index contributed by atoms with van der Waals surface area (Å²) in [4.78, 5) is 0. The lowest BCUT2D eigenvalue weighted by Crippen LogP contribution is -1.98. The summed E-state index contributed by atoms with van der Waals surface area (Å²) in [5, 5.41) is -0.265. The maximum atomic E-state index is 6.54.